The Kier molecular flexibility index (Phi) is 4.59. The smallest absolute Gasteiger partial charge is 0.257 e. The molecule has 0 spiro atoms. The number of likely N-dealkylation sites (tertiary alicyclic amines) is 1. The number of carbonyl (C=O) groups is 2. The van der Waals surface area contributed by atoms with Crippen LogP contribution in [0.3, 0.4) is 0 Å². The van der Waals surface area contributed by atoms with Gasteiger partial charge in [0.2, 0.25) is 5.91 Å². The number of hydrogen-bond acceptors (Lipinski definition) is 3. The Balaban J connectivity index is 1.74. The highest BCUT2D eigenvalue weighted by Gasteiger charge is 2.34. The molecule has 0 radical (unpaired) electrons. The molecule has 1 aliphatic rings. The van der Waals surface area contributed by atoms with E-state index >= 15 is 0 Å². The van der Waals surface area contributed by atoms with Gasteiger partial charge in [-0.3, -0.25) is 9.59 Å². The maximum Gasteiger partial charge on any atom is 0.257 e. The summed E-state index contributed by atoms with van der Waals surface area (Å²) in [5, 5.41) is 3.64. The van der Waals surface area contributed by atoms with Crippen LogP contribution in [0.25, 0.3) is 0 Å². The van der Waals surface area contributed by atoms with Crippen molar-refractivity contribution in [1.82, 2.24) is 4.90 Å². The van der Waals surface area contributed by atoms with Crippen molar-refractivity contribution in [3.63, 3.8) is 0 Å². The first kappa shape index (κ1) is 15.9. The molecule has 1 N–H and O–H groups in total. The molecule has 0 aliphatic carbocycles. The molecule has 0 bridgehead atoms. The molecule has 7 heteroatoms. The van der Waals surface area contributed by atoms with Crippen molar-refractivity contribution in [3.05, 3.63) is 52.4 Å². The van der Waals surface area contributed by atoms with Gasteiger partial charge < -0.3 is 14.6 Å². The highest BCUT2D eigenvalue weighted by atomic mass is 35.5. The van der Waals surface area contributed by atoms with Crippen LogP contribution in [0.5, 0.6) is 0 Å². The fourth-order valence-corrected chi connectivity index (χ4v) is 3.21. The summed E-state index contributed by atoms with van der Waals surface area (Å²) in [7, 11) is 0. The molecule has 0 saturated carbocycles. The highest BCUT2D eigenvalue weighted by molar-refractivity contribution is 6.35. The number of carbonyl (C=O) groups excluding carboxylic acids is 2. The Morgan fingerprint density at radius 1 is 1.22 bits per heavy atom. The largest absolute Gasteiger partial charge is 0.472 e. The molecule has 0 unspecified atom stereocenters. The van der Waals surface area contributed by atoms with Crippen LogP contribution in [-0.2, 0) is 4.79 Å². The minimum Gasteiger partial charge on any atom is -0.472 e. The number of nitrogens with one attached hydrogen (secondary N) is 1. The van der Waals surface area contributed by atoms with Gasteiger partial charge >= 0.3 is 0 Å². The molecule has 5 nitrogen and oxygen atoms in total. The van der Waals surface area contributed by atoms with Gasteiger partial charge in [-0.2, -0.15) is 0 Å². The first-order valence-electron chi connectivity index (χ1n) is 7.15. The molecule has 1 aliphatic heterocycles. The topological polar surface area (TPSA) is 62.6 Å². The molecule has 2 amide bonds. The molecule has 1 aromatic heterocycles. The number of halogens is 2. The van der Waals surface area contributed by atoms with Crippen LogP contribution in [0.15, 0.2) is 41.2 Å². The average molecular weight is 353 g/mol. The SMILES string of the molecule is O=C(Nc1cc(Cl)cc(Cl)c1)[C@H]1CCCN1C(=O)c1ccoc1. The maximum absolute atomic E-state index is 12.5. The minimum absolute atomic E-state index is 0.208. The normalized spacial score (nSPS) is 17.3. The second-order valence-electron chi connectivity index (χ2n) is 5.32. The lowest BCUT2D eigenvalue weighted by molar-refractivity contribution is -0.119. The van der Waals surface area contributed by atoms with Crippen molar-refractivity contribution in [1.29, 1.82) is 0 Å². The maximum atomic E-state index is 12.5. The van der Waals surface area contributed by atoms with Crippen molar-refractivity contribution in [3.8, 4) is 0 Å². The Morgan fingerprint density at radius 3 is 2.61 bits per heavy atom. The highest BCUT2D eigenvalue weighted by Crippen LogP contribution is 2.25. The second kappa shape index (κ2) is 6.64. The van der Waals surface area contributed by atoms with Gasteiger partial charge in [0.25, 0.3) is 5.91 Å². The molecule has 23 heavy (non-hydrogen) atoms. The summed E-state index contributed by atoms with van der Waals surface area (Å²) >= 11 is 11.9. The fourth-order valence-electron chi connectivity index (χ4n) is 2.69. The Hall–Kier alpha value is -1.98. The summed E-state index contributed by atoms with van der Waals surface area (Å²) in [6.07, 6.45) is 4.21. The van der Waals surface area contributed by atoms with Gasteiger partial charge in [0.05, 0.1) is 11.8 Å². The minimum atomic E-state index is -0.518. The Labute approximate surface area is 143 Å². The summed E-state index contributed by atoms with van der Waals surface area (Å²) in [6, 6.07) is 5.88. The van der Waals surface area contributed by atoms with Gasteiger partial charge in [0.1, 0.15) is 12.3 Å². The van der Waals surface area contributed by atoms with Crippen molar-refractivity contribution in [2.24, 2.45) is 0 Å². The average Bonchev–Trinajstić information content (AvgIpc) is 3.17. The quantitative estimate of drug-likeness (QED) is 0.912. The molecule has 2 aromatic rings. The molecule has 1 atom stereocenters. The van der Waals surface area contributed by atoms with Gasteiger partial charge in [-0.15, -0.1) is 0 Å². The monoisotopic (exact) mass is 352 g/mol. The van der Waals surface area contributed by atoms with E-state index in [0.29, 0.717) is 34.3 Å². The summed E-state index contributed by atoms with van der Waals surface area (Å²) in [5.41, 5.74) is 0.950. The van der Waals surface area contributed by atoms with E-state index in [4.69, 9.17) is 27.6 Å². The van der Waals surface area contributed by atoms with Crippen molar-refractivity contribution in [2.75, 3.05) is 11.9 Å². The van der Waals surface area contributed by atoms with E-state index in [0.717, 1.165) is 6.42 Å². The number of nitrogens with zero attached hydrogens (tertiary/aromatic N) is 1. The van der Waals surface area contributed by atoms with Gasteiger partial charge in [-0.1, -0.05) is 23.2 Å². The number of amides is 2. The molecule has 3 rings (SSSR count). The summed E-state index contributed by atoms with van der Waals surface area (Å²) in [4.78, 5) is 26.5. The van der Waals surface area contributed by atoms with Gasteiger partial charge in [-0.25, -0.2) is 0 Å². The van der Waals surface area contributed by atoms with Crippen LogP contribution in [0.1, 0.15) is 23.2 Å². The van der Waals surface area contributed by atoms with E-state index in [1.807, 2.05) is 0 Å². The number of benzene rings is 1. The number of furan rings is 1. The zero-order valence-corrected chi connectivity index (χ0v) is 13.6. The molecule has 1 fully saturated rings. The van der Waals surface area contributed by atoms with Crippen LogP contribution in [0, 0.1) is 0 Å². The Bertz CT molecular complexity index is 711. The van der Waals surface area contributed by atoms with Crippen LogP contribution in [-0.4, -0.2) is 29.3 Å². The third-order valence-corrected chi connectivity index (χ3v) is 4.15. The van der Waals surface area contributed by atoms with Crippen LogP contribution >= 0.6 is 23.2 Å². The molecule has 1 saturated heterocycles. The predicted molar refractivity (Wildman–Crippen MR) is 87.9 cm³/mol. The zero-order chi connectivity index (χ0) is 16.4. The lowest BCUT2D eigenvalue weighted by atomic mass is 10.2. The molecule has 120 valence electrons. The molecular weight excluding hydrogens is 339 g/mol. The lowest BCUT2D eigenvalue weighted by Gasteiger charge is -2.23. The van der Waals surface area contributed by atoms with Crippen molar-refractivity contribution in [2.45, 2.75) is 18.9 Å². The number of hydrogen-bond donors (Lipinski definition) is 1. The third kappa shape index (κ3) is 3.51. The zero-order valence-electron chi connectivity index (χ0n) is 12.1. The molecular formula is C16H14Cl2N2O3. The fraction of sp³-hybridized carbons (Fsp3) is 0.250. The second-order valence-corrected chi connectivity index (χ2v) is 6.19. The van der Waals surface area contributed by atoms with Crippen LogP contribution in [0.2, 0.25) is 10.0 Å². The Morgan fingerprint density at radius 2 is 1.96 bits per heavy atom. The van der Waals surface area contributed by atoms with E-state index in [1.54, 1.807) is 29.2 Å². The van der Waals surface area contributed by atoms with Crippen LogP contribution in [0.4, 0.5) is 5.69 Å². The molecule has 1 aromatic carbocycles. The number of anilines is 1. The predicted octanol–water partition coefficient (Wildman–Crippen LogP) is 3.83. The summed E-state index contributed by atoms with van der Waals surface area (Å²) < 4.78 is 4.94. The first-order valence-corrected chi connectivity index (χ1v) is 7.90. The van der Waals surface area contributed by atoms with Crippen molar-refractivity contribution >= 4 is 40.7 Å². The van der Waals surface area contributed by atoms with Crippen LogP contribution < -0.4 is 5.32 Å². The van der Waals surface area contributed by atoms with E-state index in [2.05, 4.69) is 5.32 Å². The number of rotatable bonds is 3. The van der Waals surface area contributed by atoms with Crippen molar-refractivity contribution < 1.29 is 14.0 Å². The standard InChI is InChI=1S/C16H14Cl2N2O3/c17-11-6-12(18)8-13(7-11)19-15(21)14-2-1-4-20(14)16(22)10-3-5-23-9-10/h3,5-9,14H,1-2,4H2,(H,19,21)/t14-/m1/s1. The third-order valence-electron chi connectivity index (χ3n) is 3.71. The summed E-state index contributed by atoms with van der Waals surface area (Å²) in [5.74, 6) is -0.460. The van der Waals surface area contributed by atoms with E-state index in [1.165, 1.54) is 12.5 Å². The lowest BCUT2D eigenvalue weighted by Crippen LogP contribution is -2.43. The summed E-state index contributed by atoms with van der Waals surface area (Å²) in [6.45, 7) is 0.540. The van der Waals surface area contributed by atoms with E-state index in [-0.39, 0.29) is 11.8 Å². The van der Waals surface area contributed by atoms with E-state index < -0.39 is 6.04 Å². The van der Waals surface area contributed by atoms with Gasteiger partial charge in [0.15, 0.2) is 0 Å². The van der Waals surface area contributed by atoms with E-state index in [9.17, 15) is 9.59 Å². The van der Waals surface area contributed by atoms with Gasteiger partial charge in [-0.05, 0) is 37.1 Å². The first-order chi connectivity index (χ1) is 11.0. The van der Waals surface area contributed by atoms with Gasteiger partial charge in [0, 0.05) is 22.3 Å². The molecule has 2 heterocycles.